The van der Waals surface area contributed by atoms with E-state index in [1.54, 1.807) is 12.3 Å². The van der Waals surface area contributed by atoms with E-state index < -0.39 is 0 Å². The van der Waals surface area contributed by atoms with Crippen LogP contribution in [0.5, 0.6) is 0 Å². The van der Waals surface area contributed by atoms with Crippen LogP contribution in [0.4, 0.5) is 5.82 Å². The van der Waals surface area contributed by atoms with E-state index in [9.17, 15) is 9.90 Å². The average Bonchev–Trinajstić information content (AvgIpc) is 2.83. The van der Waals surface area contributed by atoms with Gasteiger partial charge in [-0.25, -0.2) is 4.98 Å². The molecule has 1 aromatic carbocycles. The van der Waals surface area contributed by atoms with Crippen LogP contribution < -0.4 is 4.90 Å². The number of hydrogen-bond acceptors (Lipinski definition) is 5. The number of carbonyl (C=O) groups is 1. The molecule has 0 radical (unpaired) electrons. The summed E-state index contributed by atoms with van der Waals surface area (Å²) in [5, 5.41) is 9.90. The molecule has 6 nitrogen and oxygen atoms in total. The number of halogens is 2. The van der Waals surface area contributed by atoms with Gasteiger partial charge in [-0.15, -0.1) is 0 Å². The number of hydrogen-bond donors (Lipinski definition) is 1. The van der Waals surface area contributed by atoms with Gasteiger partial charge in [0.2, 0.25) is 0 Å². The van der Waals surface area contributed by atoms with Crippen molar-refractivity contribution in [2.24, 2.45) is 0 Å². The Labute approximate surface area is 203 Å². The molecule has 1 aromatic heterocycles. The Morgan fingerprint density at radius 3 is 2.53 bits per heavy atom. The summed E-state index contributed by atoms with van der Waals surface area (Å²) >= 11 is 9.88. The molecule has 3 heterocycles. The maximum absolute atomic E-state index is 12.8. The molecule has 8 heteroatoms. The zero-order chi connectivity index (χ0) is 22.7. The Morgan fingerprint density at radius 1 is 1.19 bits per heavy atom. The first-order valence-corrected chi connectivity index (χ1v) is 12.5. The normalized spacial score (nSPS) is 20.6. The number of aliphatic hydroxyl groups is 1. The Kier molecular flexibility index (Phi) is 7.71. The maximum atomic E-state index is 12.8. The summed E-state index contributed by atoms with van der Waals surface area (Å²) in [6, 6.07) is 10.3. The number of amides is 1. The van der Waals surface area contributed by atoms with Gasteiger partial charge in [-0.3, -0.25) is 9.69 Å². The molecule has 0 saturated carbocycles. The number of rotatable bonds is 5. The van der Waals surface area contributed by atoms with Crippen LogP contribution in [0.1, 0.15) is 42.1 Å². The zero-order valence-corrected chi connectivity index (χ0v) is 20.7. The summed E-state index contributed by atoms with van der Waals surface area (Å²) < 4.78 is 0.985. The van der Waals surface area contributed by atoms with Crippen molar-refractivity contribution < 1.29 is 9.90 Å². The third-order valence-electron chi connectivity index (χ3n) is 6.67. The molecule has 0 unspecified atom stereocenters. The average molecular weight is 522 g/mol. The van der Waals surface area contributed by atoms with Crippen molar-refractivity contribution in [1.82, 2.24) is 14.8 Å². The molecule has 0 aliphatic carbocycles. The molecular weight excluding hydrogens is 492 g/mol. The summed E-state index contributed by atoms with van der Waals surface area (Å²) in [6.07, 6.45) is 4.76. The Bertz CT molecular complexity index is 934. The second-order valence-electron chi connectivity index (χ2n) is 8.58. The number of likely N-dealkylation sites (tertiary alicyclic amines) is 1. The molecule has 1 atom stereocenters. The highest BCUT2D eigenvalue weighted by molar-refractivity contribution is 9.10. The highest BCUT2D eigenvalue weighted by Crippen LogP contribution is 2.29. The van der Waals surface area contributed by atoms with Crippen molar-refractivity contribution >= 4 is 39.3 Å². The van der Waals surface area contributed by atoms with Gasteiger partial charge in [-0.1, -0.05) is 34.5 Å². The number of nitrogens with zero attached hydrogens (tertiary/aromatic N) is 4. The second kappa shape index (κ2) is 10.5. The minimum absolute atomic E-state index is 0.0542. The molecule has 1 amide bonds. The molecule has 2 aliphatic heterocycles. The fourth-order valence-corrected chi connectivity index (χ4v) is 5.44. The van der Waals surface area contributed by atoms with Crippen molar-refractivity contribution in [3.63, 3.8) is 0 Å². The van der Waals surface area contributed by atoms with Crippen LogP contribution in [0.2, 0.25) is 5.02 Å². The number of aliphatic hydroxyl groups excluding tert-OH is 1. The predicted octanol–water partition coefficient (Wildman–Crippen LogP) is 4.20. The van der Waals surface area contributed by atoms with Crippen LogP contribution >= 0.6 is 27.5 Å². The number of anilines is 1. The third-order valence-corrected chi connectivity index (χ3v) is 7.48. The van der Waals surface area contributed by atoms with Crippen LogP contribution in [-0.2, 0) is 6.61 Å². The number of piperidine rings is 1. The van der Waals surface area contributed by atoms with Crippen LogP contribution in [-0.4, -0.2) is 70.6 Å². The van der Waals surface area contributed by atoms with Crippen LogP contribution in [0.3, 0.4) is 0 Å². The highest BCUT2D eigenvalue weighted by Gasteiger charge is 2.34. The monoisotopic (exact) mass is 520 g/mol. The maximum Gasteiger partial charge on any atom is 0.253 e. The summed E-state index contributed by atoms with van der Waals surface area (Å²) in [5.41, 5.74) is 1.48. The van der Waals surface area contributed by atoms with Crippen LogP contribution in [0, 0.1) is 0 Å². The molecule has 1 N–H and O–H groups in total. The van der Waals surface area contributed by atoms with Gasteiger partial charge in [0.05, 0.1) is 11.6 Å². The fraction of sp³-hybridized carbons (Fsp3) is 0.500. The van der Waals surface area contributed by atoms with Gasteiger partial charge in [0.25, 0.3) is 5.91 Å². The molecule has 2 fully saturated rings. The summed E-state index contributed by atoms with van der Waals surface area (Å²) in [4.78, 5) is 24.2. The lowest BCUT2D eigenvalue weighted by atomic mass is 9.97. The van der Waals surface area contributed by atoms with E-state index in [0.717, 1.165) is 73.4 Å². The van der Waals surface area contributed by atoms with E-state index in [0.29, 0.717) is 17.1 Å². The quantitative estimate of drug-likeness (QED) is 0.639. The lowest BCUT2D eigenvalue weighted by Crippen LogP contribution is -2.58. The molecule has 0 bridgehead atoms. The number of pyridine rings is 1. The Morgan fingerprint density at radius 2 is 1.91 bits per heavy atom. The van der Waals surface area contributed by atoms with E-state index >= 15 is 0 Å². The van der Waals surface area contributed by atoms with Crippen molar-refractivity contribution in [2.45, 2.75) is 44.9 Å². The Hall–Kier alpha value is -1.67. The largest absolute Gasteiger partial charge is 0.392 e. The van der Waals surface area contributed by atoms with Gasteiger partial charge in [0.15, 0.2) is 0 Å². The molecule has 2 aromatic rings. The Balaban J connectivity index is 1.36. The molecule has 0 spiro atoms. The summed E-state index contributed by atoms with van der Waals surface area (Å²) in [6.45, 7) is 6.50. The standard InChI is InChI=1S/C24H30BrClN4O2/c1-2-20-15-29(23-22(26)13-17(16-31)14-27-23)11-12-30(20)21-7-9-28(10-8-21)24(32)18-3-5-19(25)6-4-18/h3-6,13-14,20-21,31H,2,7-12,15-16H2,1H3/t20-/m0/s1. The lowest BCUT2D eigenvalue weighted by molar-refractivity contribution is 0.0491. The van der Waals surface area contributed by atoms with Crippen molar-refractivity contribution in [3.05, 3.63) is 57.2 Å². The van der Waals surface area contributed by atoms with E-state index in [1.807, 2.05) is 29.2 Å². The van der Waals surface area contributed by atoms with E-state index in [1.165, 1.54) is 0 Å². The SMILES string of the molecule is CC[C@H]1CN(c2ncc(CO)cc2Cl)CCN1C1CCN(C(=O)c2ccc(Br)cc2)CC1. The predicted molar refractivity (Wildman–Crippen MR) is 131 cm³/mol. The fourth-order valence-electron chi connectivity index (χ4n) is 4.87. The topological polar surface area (TPSA) is 59.9 Å². The first kappa shape index (κ1) is 23.5. The van der Waals surface area contributed by atoms with Gasteiger partial charge in [-0.05, 0) is 55.2 Å². The number of carbonyl (C=O) groups excluding carboxylic acids is 1. The van der Waals surface area contributed by atoms with Crippen molar-refractivity contribution in [1.29, 1.82) is 0 Å². The smallest absolute Gasteiger partial charge is 0.253 e. The third kappa shape index (κ3) is 5.11. The number of benzene rings is 1. The second-order valence-corrected chi connectivity index (χ2v) is 9.91. The minimum atomic E-state index is -0.0542. The molecule has 2 saturated heterocycles. The summed E-state index contributed by atoms with van der Waals surface area (Å²) in [5.74, 6) is 0.928. The number of piperazine rings is 1. The van der Waals surface area contributed by atoms with Crippen molar-refractivity contribution in [2.75, 3.05) is 37.6 Å². The molecular formula is C24H30BrClN4O2. The first-order valence-electron chi connectivity index (χ1n) is 11.3. The van der Waals surface area contributed by atoms with Gasteiger partial charge in [0.1, 0.15) is 5.82 Å². The van der Waals surface area contributed by atoms with E-state index in [4.69, 9.17) is 11.6 Å². The van der Waals surface area contributed by atoms with Gasteiger partial charge in [0, 0.05) is 61.0 Å². The van der Waals surface area contributed by atoms with Crippen molar-refractivity contribution in [3.8, 4) is 0 Å². The highest BCUT2D eigenvalue weighted by atomic mass is 79.9. The van der Waals surface area contributed by atoms with Gasteiger partial charge >= 0.3 is 0 Å². The van der Waals surface area contributed by atoms with E-state index in [-0.39, 0.29) is 12.5 Å². The summed E-state index contributed by atoms with van der Waals surface area (Å²) in [7, 11) is 0. The first-order chi connectivity index (χ1) is 15.5. The molecule has 2 aliphatic rings. The number of aromatic nitrogens is 1. The molecule has 172 valence electrons. The van der Waals surface area contributed by atoms with Gasteiger partial charge in [-0.2, -0.15) is 0 Å². The minimum Gasteiger partial charge on any atom is -0.392 e. The molecule has 4 rings (SSSR count). The molecule has 32 heavy (non-hydrogen) atoms. The van der Waals surface area contributed by atoms with Crippen LogP contribution in [0.25, 0.3) is 0 Å². The van der Waals surface area contributed by atoms with E-state index in [2.05, 4.69) is 37.6 Å². The van der Waals surface area contributed by atoms with Crippen LogP contribution in [0.15, 0.2) is 41.0 Å². The zero-order valence-electron chi connectivity index (χ0n) is 18.4. The van der Waals surface area contributed by atoms with Gasteiger partial charge < -0.3 is 14.9 Å². The lowest BCUT2D eigenvalue weighted by Gasteiger charge is -2.47.